The fourth-order valence-electron chi connectivity index (χ4n) is 9.52. The Kier molecular flexibility index (Phi) is 12.1. The van der Waals surface area contributed by atoms with Crippen molar-refractivity contribution in [3.05, 3.63) is 277 Å². The van der Waals surface area contributed by atoms with Crippen LogP contribution in [0.4, 0.5) is 34.1 Å². The van der Waals surface area contributed by atoms with Crippen molar-refractivity contribution in [3.63, 3.8) is 0 Å². The van der Waals surface area contributed by atoms with Crippen molar-refractivity contribution in [2.45, 2.75) is 27.7 Å². The van der Waals surface area contributed by atoms with Crippen LogP contribution in [0.25, 0.3) is 22.3 Å². The lowest BCUT2D eigenvalue weighted by Crippen LogP contribution is -2.74. The van der Waals surface area contributed by atoms with Gasteiger partial charge in [-0.3, -0.25) is 0 Å². The first kappa shape index (κ1) is 42.9. The monoisotopic (exact) mass is 878 g/mol. The van der Waals surface area contributed by atoms with Crippen LogP contribution in [0.1, 0.15) is 22.3 Å². The largest absolute Gasteiger partial charge is 0.311 e. The van der Waals surface area contributed by atoms with E-state index in [-0.39, 0.29) is 0 Å². The van der Waals surface area contributed by atoms with Gasteiger partial charge in [-0.15, -0.1) is 0 Å². The van der Waals surface area contributed by atoms with Gasteiger partial charge in [-0.25, -0.2) is 0 Å². The summed E-state index contributed by atoms with van der Waals surface area (Å²) in [5.41, 5.74) is 16.5. The third-order valence-electron chi connectivity index (χ3n) is 13.1. The molecule has 0 amide bonds. The fraction of sp³-hybridized carbons (Fsp3) is 0.0625. The minimum Gasteiger partial charge on any atom is -0.311 e. The molecule has 0 aromatic heterocycles. The highest BCUT2D eigenvalue weighted by Crippen LogP contribution is 2.38. The number of rotatable bonds is 12. The van der Waals surface area contributed by atoms with Crippen molar-refractivity contribution in [3.8, 4) is 22.3 Å². The molecule has 10 rings (SSSR count). The molecule has 0 atom stereocenters. The van der Waals surface area contributed by atoms with Crippen LogP contribution < -0.4 is 30.5 Å². The van der Waals surface area contributed by atoms with E-state index in [0.29, 0.717) is 0 Å². The van der Waals surface area contributed by atoms with Gasteiger partial charge in [0, 0.05) is 34.1 Å². The van der Waals surface area contributed by atoms with Gasteiger partial charge in [0.15, 0.2) is 8.07 Å². The molecule has 0 spiro atoms. The number of nitrogens with zero attached hydrogens (tertiary/aromatic N) is 2. The average Bonchev–Trinajstić information content (AvgIpc) is 3.38. The Bertz CT molecular complexity index is 2900. The van der Waals surface area contributed by atoms with E-state index in [0.717, 1.165) is 34.1 Å². The Morgan fingerprint density at radius 3 is 0.761 bits per heavy atom. The SMILES string of the molecule is Cc1ccc(N(c2ccc(C)cc2)c2ccc(-c3cccc([Si](c4ccccc4)(c4ccccc4)c4cccc(-c5ccc(N(c6ccc(C)cc6)c6ccc(C)cc6)cc5)c4)c3)cc2)cc1. The van der Waals surface area contributed by atoms with Crippen LogP contribution in [0.5, 0.6) is 0 Å². The summed E-state index contributed by atoms with van der Waals surface area (Å²) >= 11 is 0. The van der Waals surface area contributed by atoms with Crippen LogP contribution in [0, 0.1) is 27.7 Å². The lowest BCUT2D eigenvalue weighted by Gasteiger charge is -2.35. The molecule has 0 saturated heterocycles. The van der Waals surface area contributed by atoms with Gasteiger partial charge in [-0.05, 0) is 143 Å². The summed E-state index contributed by atoms with van der Waals surface area (Å²) in [6, 6.07) is 94.5. The van der Waals surface area contributed by atoms with Gasteiger partial charge >= 0.3 is 0 Å². The van der Waals surface area contributed by atoms with E-state index in [4.69, 9.17) is 0 Å². The summed E-state index contributed by atoms with van der Waals surface area (Å²) in [6.45, 7) is 8.55. The molecule has 0 unspecified atom stereocenters. The zero-order valence-electron chi connectivity index (χ0n) is 38.6. The second-order valence-corrected chi connectivity index (χ2v) is 21.6. The smallest absolute Gasteiger partial charge is 0.179 e. The molecule has 0 aliphatic heterocycles. The van der Waals surface area contributed by atoms with E-state index < -0.39 is 8.07 Å². The lowest BCUT2D eigenvalue weighted by atomic mass is 10.0. The van der Waals surface area contributed by atoms with E-state index >= 15 is 0 Å². The van der Waals surface area contributed by atoms with Crippen LogP contribution in [0.15, 0.2) is 255 Å². The molecule has 3 heteroatoms. The quantitative estimate of drug-likeness (QED) is 0.0891. The first-order chi connectivity index (χ1) is 32.8. The second kappa shape index (κ2) is 18.9. The molecule has 0 heterocycles. The molecule has 0 bridgehead atoms. The molecular weight excluding hydrogens is 825 g/mol. The van der Waals surface area contributed by atoms with Gasteiger partial charge in [0.1, 0.15) is 0 Å². The van der Waals surface area contributed by atoms with Gasteiger partial charge < -0.3 is 9.80 Å². The highest BCUT2D eigenvalue weighted by molar-refractivity contribution is 7.20. The molecule has 0 aliphatic rings. The fourth-order valence-corrected chi connectivity index (χ4v) is 14.3. The standard InChI is InChI=1S/C64H54N2Si/c1-47-21-33-55(34-22-47)65(56-35-23-48(2)24-36-56)59-41-29-51(30-42-59)53-13-11-19-63(45-53)67(61-15-7-5-8-16-61,62-17-9-6-10-18-62)64-20-12-14-54(46-64)52-31-43-60(44-32-52)66(57-37-25-49(3)26-38-57)58-39-27-50(4)28-40-58/h5-46H,1-4H3. The third kappa shape index (κ3) is 8.78. The van der Waals surface area contributed by atoms with Gasteiger partial charge in [-0.1, -0.05) is 204 Å². The van der Waals surface area contributed by atoms with Crippen molar-refractivity contribution in [1.82, 2.24) is 0 Å². The van der Waals surface area contributed by atoms with Crippen molar-refractivity contribution >= 4 is 62.9 Å². The highest BCUT2D eigenvalue weighted by Gasteiger charge is 2.41. The maximum Gasteiger partial charge on any atom is 0.179 e. The van der Waals surface area contributed by atoms with Crippen LogP contribution in [-0.2, 0) is 0 Å². The zero-order valence-corrected chi connectivity index (χ0v) is 39.6. The average molecular weight is 879 g/mol. The predicted octanol–water partition coefficient (Wildman–Crippen LogP) is 14.6. The Hall–Kier alpha value is -7.98. The van der Waals surface area contributed by atoms with Crippen LogP contribution in [-0.4, -0.2) is 8.07 Å². The number of benzene rings is 10. The maximum atomic E-state index is 2.46. The topological polar surface area (TPSA) is 6.48 Å². The molecule has 2 nitrogen and oxygen atoms in total. The molecule has 0 aliphatic carbocycles. The number of hydrogen-bond acceptors (Lipinski definition) is 2. The van der Waals surface area contributed by atoms with Gasteiger partial charge in [0.2, 0.25) is 0 Å². The Balaban J connectivity index is 1.06. The molecule has 10 aromatic carbocycles. The molecule has 67 heavy (non-hydrogen) atoms. The third-order valence-corrected chi connectivity index (χ3v) is 17.8. The van der Waals surface area contributed by atoms with Crippen LogP contribution >= 0.6 is 0 Å². The lowest BCUT2D eigenvalue weighted by molar-refractivity contribution is 1.27. The molecule has 324 valence electrons. The highest BCUT2D eigenvalue weighted by atomic mass is 28.3. The minimum absolute atomic E-state index is 1.12. The first-order valence-corrected chi connectivity index (χ1v) is 25.2. The molecule has 10 aromatic rings. The summed E-state index contributed by atoms with van der Waals surface area (Å²) in [5.74, 6) is 0. The summed E-state index contributed by atoms with van der Waals surface area (Å²) < 4.78 is 0. The maximum absolute atomic E-state index is 2.90. The van der Waals surface area contributed by atoms with Gasteiger partial charge in [0.25, 0.3) is 0 Å². The van der Waals surface area contributed by atoms with E-state index in [1.54, 1.807) is 0 Å². The number of anilines is 6. The van der Waals surface area contributed by atoms with Crippen molar-refractivity contribution in [2.75, 3.05) is 9.80 Å². The van der Waals surface area contributed by atoms with E-state index in [1.165, 1.54) is 65.3 Å². The molecule has 0 N–H and O–H groups in total. The Labute approximate surface area is 397 Å². The molecule has 0 saturated carbocycles. The van der Waals surface area contributed by atoms with Crippen molar-refractivity contribution in [2.24, 2.45) is 0 Å². The summed E-state index contributed by atoms with van der Waals surface area (Å²) in [4.78, 5) is 4.68. The Morgan fingerprint density at radius 2 is 0.478 bits per heavy atom. The van der Waals surface area contributed by atoms with E-state index in [9.17, 15) is 0 Å². The number of hydrogen-bond donors (Lipinski definition) is 0. The van der Waals surface area contributed by atoms with Gasteiger partial charge in [-0.2, -0.15) is 0 Å². The summed E-state index contributed by atoms with van der Waals surface area (Å²) in [5, 5.41) is 5.37. The minimum atomic E-state index is -2.90. The van der Waals surface area contributed by atoms with Gasteiger partial charge in [0.05, 0.1) is 0 Å². The number of aryl methyl sites for hydroxylation is 4. The molecule has 0 radical (unpaired) electrons. The van der Waals surface area contributed by atoms with E-state index in [1.807, 2.05) is 0 Å². The van der Waals surface area contributed by atoms with Crippen molar-refractivity contribution < 1.29 is 0 Å². The molecular formula is C64H54N2Si. The summed E-state index contributed by atoms with van der Waals surface area (Å²) in [6.07, 6.45) is 0. The first-order valence-electron chi connectivity index (χ1n) is 23.2. The zero-order chi connectivity index (χ0) is 45.7. The van der Waals surface area contributed by atoms with E-state index in [2.05, 4.69) is 292 Å². The normalized spacial score (nSPS) is 11.3. The molecule has 0 fully saturated rings. The van der Waals surface area contributed by atoms with Crippen molar-refractivity contribution in [1.29, 1.82) is 0 Å². The van der Waals surface area contributed by atoms with Crippen LogP contribution in [0.2, 0.25) is 0 Å². The summed E-state index contributed by atoms with van der Waals surface area (Å²) in [7, 11) is -2.90. The second-order valence-electron chi connectivity index (χ2n) is 17.8. The predicted molar refractivity (Wildman–Crippen MR) is 289 cm³/mol. The van der Waals surface area contributed by atoms with Crippen LogP contribution in [0.3, 0.4) is 0 Å². The Morgan fingerprint density at radius 1 is 0.224 bits per heavy atom.